The van der Waals surface area contributed by atoms with Gasteiger partial charge >= 0.3 is 0 Å². The molecule has 0 spiro atoms. The van der Waals surface area contributed by atoms with Gasteiger partial charge < -0.3 is 0 Å². The molecular weight excluding hydrogens is 294 g/mol. The van der Waals surface area contributed by atoms with Crippen LogP contribution in [0.2, 0.25) is 0 Å². The third kappa shape index (κ3) is 3.00. The first-order chi connectivity index (χ1) is 10.9. The molecule has 1 fully saturated rings. The van der Waals surface area contributed by atoms with E-state index in [0.29, 0.717) is 11.0 Å². The summed E-state index contributed by atoms with van der Waals surface area (Å²) >= 11 is 0. The Morgan fingerprint density at radius 3 is 2.61 bits per heavy atom. The van der Waals surface area contributed by atoms with Crippen LogP contribution in [0.25, 0.3) is 11.0 Å². The SMILES string of the molecule is CC(C)(C)n1ncc2c(=O)n(NC(=O)C3CCCCC3)cnc21. The first-order valence-corrected chi connectivity index (χ1v) is 8.14. The number of hydrogen-bond donors (Lipinski definition) is 1. The summed E-state index contributed by atoms with van der Waals surface area (Å²) in [5, 5.41) is 4.67. The number of nitrogens with zero attached hydrogens (tertiary/aromatic N) is 4. The van der Waals surface area contributed by atoms with Crippen molar-refractivity contribution in [2.75, 3.05) is 5.43 Å². The highest BCUT2D eigenvalue weighted by Crippen LogP contribution is 2.23. The Morgan fingerprint density at radius 2 is 1.96 bits per heavy atom. The van der Waals surface area contributed by atoms with Crippen LogP contribution in [0.4, 0.5) is 0 Å². The highest BCUT2D eigenvalue weighted by Gasteiger charge is 2.23. The number of carbonyl (C=O) groups is 1. The highest BCUT2D eigenvalue weighted by molar-refractivity contribution is 5.86. The maximum absolute atomic E-state index is 12.5. The van der Waals surface area contributed by atoms with Crippen molar-refractivity contribution in [3.05, 3.63) is 22.9 Å². The number of aromatic nitrogens is 4. The second-order valence-corrected chi connectivity index (χ2v) is 7.20. The van der Waals surface area contributed by atoms with Gasteiger partial charge in [0, 0.05) is 5.92 Å². The zero-order valence-corrected chi connectivity index (χ0v) is 13.9. The average Bonchev–Trinajstić information content (AvgIpc) is 2.96. The van der Waals surface area contributed by atoms with Crippen molar-refractivity contribution in [2.45, 2.75) is 58.4 Å². The Morgan fingerprint density at radius 1 is 1.26 bits per heavy atom. The predicted octanol–water partition coefficient (Wildman–Crippen LogP) is 2.00. The molecule has 0 radical (unpaired) electrons. The molecule has 0 saturated heterocycles. The normalized spacial score (nSPS) is 16.7. The highest BCUT2D eigenvalue weighted by atomic mass is 16.2. The molecule has 1 aliphatic rings. The molecule has 0 bridgehead atoms. The van der Waals surface area contributed by atoms with Crippen LogP contribution in [-0.2, 0) is 10.3 Å². The predicted molar refractivity (Wildman–Crippen MR) is 87.7 cm³/mol. The van der Waals surface area contributed by atoms with Gasteiger partial charge in [-0.15, -0.1) is 0 Å². The molecule has 1 amide bonds. The van der Waals surface area contributed by atoms with Crippen molar-refractivity contribution in [3.8, 4) is 0 Å². The summed E-state index contributed by atoms with van der Waals surface area (Å²) in [5.41, 5.74) is 2.66. The lowest BCUT2D eigenvalue weighted by molar-refractivity contribution is -0.121. The van der Waals surface area contributed by atoms with E-state index in [1.54, 1.807) is 4.68 Å². The summed E-state index contributed by atoms with van der Waals surface area (Å²) in [6, 6.07) is 0. The third-order valence-electron chi connectivity index (χ3n) is 4.33. The Balaban J connectivity index is 1.89. The van der Waals surface area contributed by atoms with Gasteiger partial charge in [0.15, 0.2) is 5.65 Å². The summed E-state index contributed by atoms with van der Waals surface area (Å²) in [5.74, 6) is -0.111. The van der Waals surface area contributed by atoms with Crippen molar-refractivity contribution < 1.29 is 4.79 Å². The minimum absolute atomic E-state index is 0.0105. The summed E-state index contributed by atoms with van der Waals surface area (Å²) in [4.78, 5) is 29.2. The molecule has 2 aromatic heterocycles. The Kier molecular flexibility index (Phi) is 3.95. The van der Waals surface area contributed by atoms with Gasteiger partial charge in [-0.25, -0.2) is 14.3 Å². The van der Waals surface area contributed by atoms with Crippen LogP contribution in [0.5, 0.6) is 0 Å². The largest absolute Gasteiger partial charge is 0.283 e. The standard InChI is InChI=1S/C16H23N5O2/c1-16(2,3)21-13-12(9-18-21)15(23)20(10-17-13)19-14(22)11-7-5-4-6-8-11/h9-11H,4-8H2,1-3H3,(H,19,22). The van der Waals surface area contributed by atoms with Crippen LogP contribution in [0, 0.1) is 5.92 Å². The van der Waals surface area contributed by atoms with Gasteiger partial charge in [-0.1, -0.05) is 19.3 Å². The fourth-order valence-corrected chi connectivity index (χ4v) is 3.06. The van der Waals surface area contributed by atoms with Gasteiger partial charge in [0.25, 0.3) is 5.56 Å². The van der Waals surface area contributed by atoms with Crippen molar-refractivity contribution in [3.63, 3.8) is 0 Å². The number of fused-ring (bicyclic) bond motifs is 1. The lowest BCUT2D eigenvalue weighted by atomic mass is 9.89. The molecule has 0 aromatic carbocycles. The lowest BCUT2D eigenvalue weighted by Gasteiger charge is -2.21. The van der Waals surface area contributed by atoms with Crippen molar-refractivity contribution in [1.29, 1.82) is 0 Å². The molecule has 0 atom stereocenters. The molecule has 1 aliphatic carbocycles. The van der Waals surface area contributed by atoms with Crippen LogP contribution in [0.15, 0.2) is 17.3 Å². The molecule has 124 valence electrons. The van der Waals surface area contributed by atoms with Crippen molar-refractivity contribution >= 4 is 16.9 Å². The topological polar surface area (TPSA) is 81.8 Å². The van der Waals surface area contributed by atoms with Gasteiger partial charge in [0.2, 0.25) is 5.91 Å². The van der Waals surface area contributed by atoms with Crippen LogP contribution >= 0.6 is 0 Å². The summed E-state index contributed by atoms with van der Waals surface area (Å²) in [6.07, 6.45) is 7.99. The molecule has 7 nitrogen and oxygen atoms in total. The third-order valence-corrected chi connectivity index (χ3v) is 4.33. The quantitative estimate of drug-likeness (QED) is 0.918. The molecule has 0 unspecified atom stereocenters. The zero-order chi connectivity index (χ0) is 16.6. The zero-order valence-electron chi connectivity index (χ0n) is 13.9. The van der Waals surface area contributed by atoms with Gasteiger partial charge in [-0.2, -0.15) is 5.10 Å². The van der Waals surface area contributed by atoms with E-state index in [2.05, 4.69) is 15.5 Å². The summed E-state index contributed by atoms with van der Waals surface area (Å²) < 4.78 is 2.89. The Labute approximate surface area is 134 Å². The van der Waals surface area contributed by atoms with Gasteiger partial charge in [0.1, 0.15) is 11.7 Å². The van der Waals surface area contributed by atoms with E-state index in [4.69, 9.17) is 0 Å². The molecule has 1 N–H and O–H groups in total. The molecule has 23 heavy (non-hydrogen) atoms. The molecule has 7 heteroatoms. The van der Waals surface area contributed by atoms with Crippen LogP contribution in [0.1, 0.15) is 52.9 Å². The van der Waals surface area contributed by atoms with E-state index in [0.717, 1.165) is 25.7 Å². The smallest absolute Gasteiger partial charge is 0.273 e. The van der Waals surface area contributed by atoms with Gasteiger partial charge in [0.05, 0.1) is 11.7 Å². The maximum atomic E-state index is 12.5. The minimum atomic E-state index is -0.297. The summed E-state index contributed by atoms with van der Waals surface area (Å²) in [6.45, 7) is 5.99. The van der Waals surface area contributed by atoms with Gasteiger partial charge in [-0.05, 0) is 33.6 Å². The molecule has 2 heterocycles. The van der Waals surface area contributed by atoms with Crippen molar-refractivity contribution in [2.24, 2.45) is 5.92 Å². The van der Waals surface area contributed by atoms with Crippen LogP contribution in [0.3, 0.4) is 0 Å². The number of amides is 1. The monoisotopic (exact) mass is 317 g/mol. The number of carbonyl (C=O) groups excluding carboxylic acids is 1. The fraction of sp³-hybridized carbons (Fsp3) is 0.625. The Bertz CT molecular complexity index is 778. The Hall–Kier alpha value is -2.18. The second kappa shape index (κ2) is 5.79. The first-order valence-electron chi connectivity index (χ1n) is 8.14. The second-order valence-electron chi connectivity index (χ2n) is 7.20. The van der Waals surface area contributed by atoms with E-state index >= 15 is 0 Å². The number of hydrogen-bond acceptors (Lipinski definition) is 4. The molecule has 1 saturated carbocycles. The van der Waals surface area contributed by atoms with E-state index < -0.39 is 0 Å². The first kappa shape index (κ1) is 15.7. The molecule has 0 aliphatic heterocycles. The average molecular weight is 317 g/mol. The van der Waals surface area contributed by atoms with E-state index in [1.807, 2.05) is 20.8 Å². The molecule has 3 rings (SSSR count). The van der Waals surface area contributed by atoms with Gasteiger partial charge in [-0.3, -0.25) is 15.0 Å². The minimum Gasteiger partial charge on any atom is -0.273 e. The maximum Gasteiger partial charge on any atom is 0.283 e. The molecular formula is C16H23N5O2. The van der Waals surface area contributed by atoms with Crippen LogP contribution in [-0.4, -0.2) is 25.3 Å². The van der Waals surface area contributed by atoms with Crippen LogP contribution < -0.4 is 11.0 Å². The van der Waals surface area contributed by atoms with E-state index in [1.165, 1.54) is 23.6 Å². The fourth-order valence-electron chi connectivity index (χ4n) is 3.06. The van der Waals surface area contributed by atoms with E-state index in [9.17, 15) is 9.59 Å². The lowest BCUT2D eigenvalue weighted by Crippen LogP contribution is -2.37. The molecule has 2 aromatic rings. The number of rotatable bonds is 2. The van der Waals surface area contributed by atoms with E-state index in [-0.39, 0.29) is 22.9 Å². The number of nitrogens with one attached hydrogen (secondary N) is 1. The summed E-state index contributed by atoms with van der Waals surface area (Å²) in [7, 11) is 0. The van der Waals surface area contributed by atoms with Crippen molar-refractivity contribution in [1.82, 2.24) is 19.4 Å².